The topological polar surface area (TPSA) is 83.8 Å². The molecule has 0 saturated carbocycles. The SMILES string of the molecule is CCCCCCCCCCCCCCCCC(CCC)C(=O)CCOP(=O)(O)O. The minimum atomic E-state index is -4.47. The molecule has 2 N–H and O–H groups in total. The lowest BCUT2D eigenvalue weighted by molar-refractivity contribution is -0.123. The zero-order valence-corrected chi connectivity index (χ0v) is 20.0. The third-order valence-corrected chi connectivity index (χ3v) is 6.13. The van der Waals surface area contributed by atoms with E-state index in [2.05, 4.69) is 18.4 Å². The van der Waals surface area contributed by atoms with Gasteiger partial charge in [-0.3, -0.25) is 9.32 Å². The van der Waals surface area contributed by atoms with Gasteiger partial charge in [0.2, 0.25) is 0 Å². The Morgan fingerprint density at radius 3 is 1.59 bits per heavy atom. The van der Waals surface area contributed by atoms with E-state index in [4.69, 9.17) is 9.79 Å². The summed E-state index contributed by atoms with van der Waals surface area (Å²) in [7, 11) is -4.47. The Bertz CT molecular complexity index is 421. The predicted molar refractivity (Wildman–Crippen MR) is 121 cm³/mol. The van der Waals surface area contributed by atoms with E-state index in [0.29, 0.717) is 0 Å². The molecule has 1 unspecified atom stereocenters. The van der Waals surface area contributed by atoms with Crippen LogP contribution in [0.4, 0.5) is 0 Å². The van der Waals surface area contributed by atoms with E-state index in [-0.39, 0.29) is 24.7 Å². The van der Waals surface area contributed by atoms with Crippen molar-refractivity contribution >= 4 is 13.6 Å². The van der Waals surface area contributed by atoms with Crippen LogP contribution >= 0.6 is 7.82 Å². The first kappa shape index (κ1) is 28.8. The van der Waals surface area contributed by atoms with E-state index < -0.39 is 7.82 Å². The average molecular weight is 435 g/mol. The summed E-state index contributed by atoms with van der Waals surface area (Å²) in [5, 5.41) is 0. The van der Waals surface area contributed by atoms with Crippen molar-refractivity contribution in [2.24, 2.45) is 5.92 Å². The maximum atomic E-state index is 12.3. The van der Waals surface area contributed by atoms with E-state index >= 15 is 0 Å². The van der Waals surface area contributed by atoms with Crippen LogP contribution in [0.25, 0.3) is 0 Å². The molecule has 0 aliphatic rings. The van der Waals surface area contributed by atoms with Crippen LogP contribution in [-0.2, 0) is 13.9 Å². The molecular weight excluding hydrogens is 387 g/mol. The Kier molecular flexibility index (Phi) is 19.6. The average Bonchev–Trinajstić information content (AvgIpc) is 2.66. The van der Waals surface area contributed by atoms with Crippen LogP contribution < -0.4 is 0 Å². The van der Waals surface area contributed by atoms with Gasteiger partial charge < -0.3 is 9.79 Å². The van der Waals surface area contributed by atoms with Gasteiger partial charge in [0.1, 0.15) is 5.78 Å². The Balaban J connectivity index is 3.59. The molecule has 0 aromatic rings. The van der Waals surface area contributed by atoms with E-state index in [1.54, 1.807) is 0 Å². The van der Waals surface area contributed by atoms with Gasteiger partial charge in [-0.1, -0.05) is 110 Å². The summed E-state index contributed by atoms with van der Waals surface area (Å²) in [4.78, 5) is 29.6. The van der Waals surface area contributed by atoms with E-state index in [9.17, 15) is 9.36 Å². The van der Waals surface area contributed by atoms with Gasteiger partial charge in [-0.2, -0.15) is 0 Å². The molecule has 0 bridgehead atoms. The van der Waals surface area contributed by atoms with Gasteiger partial charge in [0.25, 0.3) is 0 Å². The van der Waals surface area contributed by atoms with Gasteiger partial charge in [0.05, 0.1) is 6.61 Å². The molecule has 0 aliphatic heterocycles. The van der Waals surface area contributed by atoms with Crippen molar-refractivity contribution in [2.75, 3.05) is 6.61 Å². The number of phosphoric acid groups is 1. The van der Waals surface area contributed by atoms with Gasteiger partial charge >= 0.3 is 7.82 Å². The zero-order valence-electron chi connectivity index (χ0n) is 19.1. The summed E-state index contributed by atoms with van der Waals surface area (Å²) < 4.78 is 15.1. The number of ketones is 1. The van der Waals surface area contributed by atoms with Crippen LogP contribution in [-0.4, -0.2) is 22.2 Å². The van der Waals surface area contributed by atoms with Crippen molar-refractivity contribution in [1.29, 1.82) is 0 Å². The lowest BCUT2D eigenvalue weighted by atomic mass is 9.91. The van der Waals surface area contributed by atoms with Crippen LogP contribution in [0.2, 0.25) is 0 Å². The van der Waals surface area contributed by atoms with Crippen LogP contribution in [0, 0.1) is 5.92 Å². The number of carbonyl (C=O) groups is 1. The van der Waals surface area contributed by atoms with Gasteiger partial charge in [0, 0.05) is 12.3 Å². The molecule has 0 aromatic carbocycles. The summed E-state index contributed by atoms with van der Waals surface area (Å²) in [6.07, 6.45) is 21.3. The number of carbonyl (C=O) groups excluding carboxylic acids is 1. The highest BCUT2D eigenvalue weighted by atomic mass is 31.2. The van der Waals surface area contributed by atoms with Crippen LogP contribution in [0.15, 0.2) is 0 Å². The lowest BCUT2D eigenvalue weighted by Gasteiger charge is -2.15. The summed E-state index contributed by atoms with van der Waals surface area (Å²) in [5.74, 6) is 0.0905. The third-order valence-electron chi connectivity index (χ3n) is 5.61. The summed E-state index contributed by atoms with van der Waals surface area (Å²) in [5.41, 5.74) is 0. The Morgan fingerprint density at radius 1 is 0.724 bits per heavy atom. The molecule has 0 heterocycles. The van der Waals surface area contributed by atoms with Crippen molar-refractivity contribution in [1.82, 2.24) is 0 Å². The van der Waals surface area contributed by atoms with E-state index in [1.165, 1.54) is 83.5 Å². The first-order chi connectivity index (χ1) is 13.9. The number of hydrogen-bond donors (Lipinski definition) is 2. The largest absolute Gasteiger partial charge is 0.469 e. The molecule has 29 heavy (non-hydrogen) atoms. The van der Waals surface area contributed by atoms with Crippen LogP contribution in [0.5, 0.6) is 0 Å². The molecular formula is C23H47O5P. The standard InChI is InChI=1S/C23H47O5P/c1-3-5-6-7-8-9-10-11-12-13-14-15-16-17-19-22(18-4-2)23(24)20-21-28-29(25,26)27/h22H,3-21H2,1-2H3,(H2,25,26,27). The second kappa shape index (κ2) is 19.7. The molecule has 6 heteroatoms. The number of hydrogen-bond acceptors (Lipinski definition) is 3. The quantitative estimate of drug-likeness (QED) is 0.137. The Morgan fingerprint density at radius 2 is 1.17 bits per heavy atom. The second-order valence-corrected chi connectivity index (χ2v) is 9.65. The smallest absolute Gasteiger partial charge is 0.303 e. The van der Waals surface area contributed by atoms with Crippen molar-refractivity contribution in [3.05, 3.63) is 0 Å². The zero-order chi connectivity index (χ0) is 21.8. The second-order valence-electron chi connectivity index (χ2n) is 8.41. The maximum Gasteiger partial charge on any atom is 0.469 e. The maximum absolute atomic E-state index is 12.3. The summed E-state index contributed by atoms with van der Waals surface area (Å²) in [6, 6.07) is 0. The normalized spacial score (nSPS) is 13.0. The summed E-state index contributed by atoms with van der Waals surface area (Å²) >= 11 is 0. The molecule has 5 nitrogen and oxygen atoms in total. The number of unbranched alkanes of at least 4 members (excludes halogenated alkanes) is 13. The molecule has 0 radical (unpaired) electrons. The fraction of sp³-hybridized carbons (Fsp3) is 0.957. The van der Waals surface area contributed by atoms with Crippen molar-refractivity contribution in [2.45, 2.75) is 129 Å². The Labute approximate surface area is 179 Å². The molecule has 0 spiro atoms. The molecule has 0 rings (SSSR count). The molecule has 0 fully saturated rings. The molecule has 0 amide bonds. The van der Waals surface area contributed by atoms with Crippen molar-refractivity contribution < 1.29 is 23.7 Å². The van der Waals surface area contributed by atoms with E-state index in [1.807, 2.05) is 0 Å². The molecule has 174 valence electrons. The first-order valence-electron chi connectivity index (χ1n) is 12.1. The number of rotatable bonds is 22. The number of phosphoric ester groups is 1. The van der Waals surface area contributed by atoms with Crippen molar-refractivity contribution in [3.8, 4) is 0 Å². The van der Waals surface area contributed by atoms with Gasteiger partial charge in [-0.25, -0.2) is 4.57 Å². The Hall–Kier alpha value is -0.220. The van der Waals surface area contributed by atoms with Gasteiger partial charge in [-0.05, 0) is 12.8 Å². The van der Waals surface area contributed by atoms with Crippen LogP contribution in [0.3, 0.4) is 0 Å². The van der Waals surface area contributed by atoms with Gasteiger partial charge in [-0.15, -0.1) is 0 Å². The van der Waals surface area contributed by atoms with Crippen LogP contribution in [0.1, 0.15) is 129 Å². The minimum Gasteiger partial charge on any atom is -0.303 e. The minimum absolute atomic E-state index is 0.0118. The highest BCUT2D eigenvalue weighted by Crippen LogP contribution is 2.35. The monoisotopic (exact) mass is 434 g/mol. The fourth-order valence-corrected chi connectivity index (χ4v) is 4.20. The summed E-state index contributed by atoms with van der Waals surface area (Å²) in [6.45, 7) is 4.14. The highest BCUT2D eigenvalue weighted by molar-refractivity contribution is 7.46. The first-order valence-corrected chi connectivity index (χ1v) is 13.7. The lowest BCUT2D eigenvalue weighted by Crippen LogP contribution is -2.16. The molecule has 0 aromatic heterocycles. The third kappa shape index (κ3) is 20.8. The molecule has 0 aliphatic carbocycles. The highest BCUT2D eigenvalue weighted by Gasteiger charge is 2.19. The molecule has 0 saturated heterocycles. The number of Topliss-reactive ketones (excluding diaryl/α,β-unsaturated/α-hetero) is 1. The van der Waals surface area contributed by atoms with Gasteiger partial charge in [0.15, 0.2) is 0 Å². The molecule has 1 atom stereocenters. The van der Waals surface area contributed by atoms with E-state index in [0.717, 1.165) is 25.7 Å². The van der Waals surface area contributed by atoms with Crippen molar-refractivity contribution in [3.63, 3.8) is 0 Å². The predicted octanol–water partition coefficient (Wildman–Crippen LogP) is 7.34. The fourth-order valence-electron chi connectivity index (χ4n) is 3.87.